The van der Waals surface area contributed by atoms with E-state index in [1.54, 1.807) is 12.1 Å². The van der Waals surface area contributed by atoms with Crippen molar-refractivity contribution in [2.24, 2.45) is 11.8 Å². The van der Waals surface area contributed by atoms with E-state index >= 15 is 0 Å². The number of nitrogens with zero attached hydrogens (tertiary/aromatic N) is 1. The molecule has 1 aliphatic heterocycles. The summed E-state index contributed by atoms with van der Waals surface area (Å²) in [4.78, 5) is 13.2. The number of aryl methyl sites for hydroxylation is 1. The Morgan fingerprint density at radius 2 is 1.73 bits per heavy atom. The van der Waals surface area contributed by atoms with E-state index in [1.165, 1.54) is 16.4 Å². The zero-order chi connectivity index (χ0) is 21.9. The van der Waals surface area contributed by atoms with Gasteiger partial charge in [0.15, 0.2) is 0 Å². The highest BCUT2D eigenvalue weighted by molar-refractivity contribution is 7.89. The fourth-order valence-electron chi connectivity index (χ4n) is 3.75. The molecule has 162 valence electrons. The monoisotopic (exact) mass is 448 g/mol. The first kappa shape index (κ1) is 22.8. The summed E-state index contributed by atoms with van der Waals surface area (Å²) in [5, 5.41) is 3.49. The number of hydrogen-bond donors (Lipinski definition) is 1. The molecule has 2 aromatic rings. The normalized spacial score (nSPS) is 19.9. The summed E-state index contributed by atoms with van der Waals surface area (Å²) in [6, 6.07) is 14.1. The number of carbonyl (C=O) groups is 1. The lowest BCUT2D eigenvalue weighted by molar-refractivity contribution is -0.124. The second-order valence-corrected chi connectivity index (χ2v) is 10.7. The molecule has 3 rings (SSSR count). The van der Waals surface area contributed by atoms with Crippen LogP contribution in [0.15, 0.2) is 53.4 Å². The standard InChI is InChI=1S/C23H29ClN2O3S/c1-16(2)12-13-25-23(27)22-15-26(14-21(22)18-6-4-17(3)5-7-18)30(28,29)20-10-8-19(24)9-11-20/h4-11,16,21-22H,12-15H2,1-3H3,(H,25,27)/t21-,22-/m0/s1. The maximum absolute atomic E-state index is 13.2. The second kappa shape index (κ2) is 9.50. The number of benzene rings is 2. The molecule has 30 heavy (non-hydrogen) atoms. The quantitative estimate of drug-likeness (QED) is 0.689. The van der Waals surface area contributed by atoms with Crippen molar-refractivity contribution < 1.29 is 13.2 Å². The van der Waals surface area contributed by atoms with Crippen molar-refractivity contribution in [2.45, 2.75) is 38.0 Å². The van der Waals surface area contributed by atoms with Crippen molar-refractivity contribution in [3.8, 4) is 0 Å². The molecule has 0 radical (unpaired) electrons. The first-order valence-electron chi connectivity index (χ1n) is 10.3. The molecule has 2 atom stereocenters. The van der Waals surface area contributed by atoms with Crippen molar-refractivity contribution in [1.29, 1.82) is 0 Å². The fourth-order valence-corrected chi connectivity index (χ4v) is 5.37. The molecule has 0 aliphatic carbocycles. The Labute approximate surface area is 184 Å². The number of rotatable bonds is 7. The zero-order valence-corrected chi connectivity index (χ0v) is 19.2. The average Bonchev–Trinajstić information content (AvgIpc) is 3.15. The molecule has 0 unspecified atom stereocenters. The Kier molecular flexibility index (Phi) is 7.22. The number of amides is 1. The van der Waals surface area contributed by atoms with Crippen molar-refractivity contribution in [3.05, 3.63) is 64.7 Å². The van der Waals surface area contributed by atoms with Gasteiger partial charge in [-0.3, -0.25) is 4.79 Å². The zero-order valence-electron chi connectivity index (χ0n) is 17.6. The van der Waals surface area contributed by atoms with Crippen molar-refractivity contribution in [1.82, 2.24) is 9.62 Å². The molecule has 1 heterocycles. The van der Waals surface area contributed by atoms with Crippen LogP contribution >= 0.6 is 11.6 Å². The molecule has 5 nitrogen and oxygen atoms in total. The van der Waals surface area contributed by atoms with Crippen LogP contribution in [0.3, 0.4) is 0 Å². The molecule has 2 aromatic carbocycles. The van der Waals surface area contributed by atoms with Gasteiger partial charge in [-0.2, -0.15) is 4.31 Å². The highest BCUT2D eigenvalue weighted by Gasteiger charge is 2.43. The van der Waals surface area contributed by atoms with Crippen LogP contribution in [0.2, 0.25) is 5.02 Å². The van der Waals surface area contributed by atoms with E-state index in [2.05, 4.69) is 19.2 Å². The Morgan fingerprint density at radius 3 is 2.33 bits per heavy atom. The summed E-state index contributed by atoms with van der Waals surface area (Å²) in [6.45, 7) is 7.26. The van der Waals surface area contributed by atoms with Crippen molar-refractivity contribution in [3.63, 3.8) is 0 Å². The van der Waals surface area contributed by atoms with Crippen LogP contribution < -0.4 is 5.32 Å². The Morgan fingerprint density at radius 1 is 1.10 bits per heavy atom. The van der Waals surface area contributed by atoms with Crippen LogP contribution in [-0.2, 0) is 14.8 Å². The van der Waals surface area contributed by atoms with Crippen LogP contribution in [0.25, 0.3) is 0 Å². The number of sulfonamides is 1. The SMILES string of the molecule is Cc1ccc([C@@H]2CN(S(=O)(=O)c3ccc(Cl)cc3)C[C@@H]2C(=O)NCCC(C)C)cc1. The lowest BCUT2D eigenvalue weighted by Gasteiger charge is -2.19. The first-order valence-corrected chi connectivity index (χ1v) is 12.1. The maximum atomic E-state index is 13.2. The number of carbonyl (C=O) groups excluding carboxylic acids is 1. The first-order chi connectivity index (χ1) is 14.2. The third kappa shape index (κ3) is 5.23. The lowest BCUT2D eigenvalue weighted by atomic mass is 9.88. The molecule has 1 saturated heterocycles. The van der Waals surface area contributed by atoms with Gasteiger partial charge < -0.3 is 5.32 Å². The molecular weight excluding hydrogens is 420 g/mol. The molecule has 0 aromatic heterocycles. The summed E-state index contributed by atoms with van der Waals surface area (Å²) in [5.41, 5.74) is 2.11. The van der Waals surface area contributed by atoms with Gasteiger partial charge >= 0.3 is 0 Å². The Balaban J connectivity index is 1.86. The van der Waals surface area contributed by atoms with E-state index < -0.39 is 15.9 Å². The third-order valence-electron chi connectivity index (χ3n) is 5.60. The number of hydrogen-bond acceptors (Lipinski definition) is 3. The van der Waals surface area contributed by atoms with E-state index in [-0.39, 0.29) is 29.8 Å². The van der Waals surface area contributed by atoms with Gasteiger partial charge in [-0.25, -0.2) is 8.42 Å². The van der Waals surface area contributed by atoms with Crippen LogP contribution in [0.4, 0.5) is 0 Å². The van der Waals surface area contributed by atoms with Gasteiger partial charge in [-0.05, 0) is 49.1 Å². The topological polar surface area (TPSA) is 66.5 Å². The molecule has 7 heteroatoms. The minimum absolute atomic E-state index is 0.0879. The molecule has 1 aliphatic rings. The molecule has 1 N–H and O–H groups in total. The minimum atomic E-state index is -3.71. The predicted molar refractivity (Wildman–Crippen MR) is 120 cm³/mol. The second-order valence-electron chi connectivity index (χ2n) is 8.37. The molecule has 0 saturated carbocycles. The van der Waals surface area contributed by atoms with Crippen LogP contribution in [0, 0.1) is 18.8 Å². The van der Waals surface area contributed by atoms with Gasteiger partial charge in [0, 0.05) is 30.6 Å². The fraction of sp³-hybridized carbons (Fsp3) is 0.435. The van der Waals surface area contributed by atoms with Crippen molar-refractivity contribution >= 4 is 27.5 Å². The molecule has 0 spiro atoms. The van der Waals surface area contributed by atoms with E-state index in [9.17, 15) is 13.2 Å². The summed E-state index contributed by atoms with van der Waals surface area (Å²) in [7, 11) is -3.71. The predicted octanol–water partition coefficient (Wildman–Crippen LogP) is 4.22. The lowest BCUT2D eigenvalue weighted by Crippen LogP contribution is -2.36. The third-order valence-corrected chi connectivity index (χ3v) is 7.70. The van der Waals surface area contributed by atoms with E-state index in [1.807, 2.05) is 31.2 Å². The van der Waals surface area contributed by atoms with Gasteiger partial charge in [0.05, 0.1) is 10.8 Å². The molecule has 0 bridgehead atoms. The van der Waals surface area contributed by atoms with E-state index in [0.29, 0.717) is 17.5 Å². The van der Waals surface area contributed by atoms with Gasteiger partial charge in [-0.1, -0.05) is 55.3 Å². The molecule has 1 fully saturated rings. The van der Waals surface area contributed by atoms with Crippen LogP contribution in [-0.4, -0.2) is 38.3 Å². The number of halogens is 1. The van der Waals surface area contributed by atoms with Gasteiger partial charge in [0.25, 0.3) is 0 Å². The Bertz CT molecular complexity index is 973. The maximum Gasteiger partial charge on any atom is 0.243 e. The minimum Gasteiger partial charge on any atom is -0.356 e. The summed E-state index contributed by atoms with van der Waals surface area (Å²) >= 11 is 5.91. The largest absolute Gasteiger partial charge is 0.356 e. The average molecular weight is 449 g/mol. The van der Waals surface area contributed by atoms with Gasteiger partial charge in [0.1, 0.15) is 0 Å². The van der Waals surface area contributed by atoms with Crippen molar-refractivity contribution in [2.75, 3.05) is 19.6 Å². The molecular formula is C23H29ClN2O3S. The molecule has 1 amide bonds. The smallest absolute Gasteiger partial charge is 0.243 e. The van der Waals surface area contributed by atoms with Gasteiger partial charge in [-0.15, -0.1) is 0 Å². The van der Waals surface area contributed by atoms with Crippen LogP contribution in [0.5, 0.6) is 0 Å². The highest BCUT2D eigenvalue weighted by Crippen LogP contribution is 2.36. The van der Waals surface area contributed by atoms with E-state index in [4.69, 9.17) is 11.6 Å². The van der Waals surface area contributed by atoms with Crippen LogP contribution in [0.1, 0.15) is 37.3 Å². The van der Waals surface area contributed by atoms with E-state index in [0.717, 1.165) is 17.5 Å². The summed E-state index contributed by atoms with van der Waals surface area (Å²) < 4.78 is 27.8. The summed E-state index contributed by atoms with van der Waals surface area (Å²) in [6.07, 6.45) is 0.889. The van der Waals surface area contributed by atoms with Gasteiger partial charge in [0.2, 0.25) is 15.9 Å². The Hall–Kier alpha value is -1.89. The number of nitrogens with one attached hydrogen (secondary N) is 1. The summed E-state index contributed by atoms with van der Waals surface area (Å²) in [5.74, 6) is -0.216. The highest BCUT2D eigenvalue weighted by atomic mass is 35.5.